The fraction of sp³-hybridized carbons (Fsp3) is 0.368. The maximum absolute atomic E-state index is 6.67. The molecule has 2 bridgehead atoms. The quantitative estimate of drug-likeness (QED) is 0.104. The van der Waals surface area contributed by atoms with Crippen molar-refractivity contribution in [2.24, 2.45) is 0 Å². The molecule has 8 rings (SSSR count). The minimum absolute atomic E-state index is 0.336. The Morgan fingerprint density at radius 2 is 1.02 bits per heavy atom. The summed E-state index contributed by atoms with van der Waals surface area (Å²) >= 11 is -2.64. The van der Waals surface area contributed by atoms with Crippen molar-refractivity contribution in [1.82, 2.24) is 9.80 Å². The molecule has 216 valence electrons. The average molecular weight is 663 g/mol. The summed E-state index contributed by atoms with van der Waals surface area (Å²) < 4.78 is 11.9. The molecule has 4 heteroatoms. The molecule has 3 atom stereocenters. The normalized spacial score (nSPS) is 27.5. The molecular weight excluding hydrogens is 619 g/mol. The standard InChI is InChI=1S/C29H26NO.C9H18N.Sn/c1-5-13-24(14-6-1)22-31-23-28-21-30(28)29(25-15-7-2-8-16-25,26-17-9-3-10-18-26)27-19-11-4-12-20-27;1-4-7-10(8-5-2)9-6-3;/h1-21,28H,22-23H2;1-9H2;/t28-,30?;;/m1../s1. The molecular formula is C38H44N2OSn. The van der Waals surface area contributed by atoms with Gasteiger partial charge in [-0.15, -0.1) is 0 Å². The Balaban J connectivity index is 1.36. The topological polar surface area (TPSA) is 15.5 Å². The summed E-state index contributed by atoms with van der Waals surface area (Å²) in [7, 11) is 0. The minimum atomic E-state index is -2.64. The summed E-state index contributed by atoms with van der Waals surface area (Å²) in [6.07, 6.45) is 4.19. The molecule has 4 aliphatic heterocycles. The van der Waals surface area contributed by atoms with E-state index >= 15 is 0 Å². The van der Waals surface area contributed by atoms with E-state index in [1.807, 2.05) is 0 Å². The van der Waals surface area contributed by atoms with Crippen LogP contribution in [0.2, 0.25) is 13.3 Å². The zero-order valence-electron chi connectivity index (χ0n) is 24.8. The van der Waals surface area contributed by atoms with Crippen LogP contribution in [0.5, 0.6) is 0 Å². The Morgan fingerprint density at radius 1 is 0.595 bits per heavy atom. The predicted octanol–water partition coefficient (Wildman–Crippen LogP) is 7.74. The number of hydrogen-bond donors (Lipinski definition) is 0. The van der Waals surface area contributed by atoms with Crippen LogP contribution >= 0.6 is 0 Å². The van der Waals surface area contributed by atoms with Crippen LogP contribution in [0.25, 0.3) is 0 Å². The summed E-state index contributed by atoms with van der Waals surface area (Å²) in [5.74, 6) is 0. The Morgan fingerprint density at radius 3 is 1.48 bits per heavy atom. The van der Waals surface area contributed by atoms with E-state index in [2.05, 4.69) is 131 Å². The van der Waals surface area contributed by atoms with Crippen LogP contribution in [-0.2, 0) is 16.9 Å². The van der Waals surface area contributed by atoms with Crippen molar-refractivity contribution in [3.05, 3.63) is 144 Å². The molecule has 0 saturated carbocycles. The van der Waals surface area contributed by atoms with Crippen molar-refractivity contribution >= 4 is 18.4 Å². The first kappa shape index (κ1) is 28.3. The molecule has 42 heavy (non-hydrogen) atoms. The van der Waals surface area contributed by atoms with Gasteiger partial charge in [0.25, 0.3) is 0 Å². The second-order valence-corrected chi connectivity index (χ2v) is 26.5. The molecule has 0 radical (unpaired) electrons. The average Bonchev–Trinajstić information content (AvgIpc) is 3.74. The molecule has 4 heterocycles. The second-order valence-electron chi connectivity index (χ2n) is 12.7. The number of rotatable bonds is 9. The van der Waals surface area contributed by atoms with E-state index in [-0.39, 0.29) is 5.54 Å². The van der Waals surface area contributed by atoms with Crippen LogP contribution < -0.4 is 0 Å². The number of nitrogens with zero attached hydrogens (tertiary/aromatic N) is 2. The maximum atomic E-state index is 6.67. The van der Waals surface area contributed by atoms with Gasteiger partial charge in [0.05, 0.1) is 0 Å². The van der Waals surface area contributed by atoms with Crippen molar-refractivity contribution < 1.29 is 4.74 Å². The summed E-state index contributed by atoms with van der Waals surface area (Å²) in [4.78, 5) is 5.75. The van der Waals surface area contributed by atoms with E-state index in [0.717, 1.165) is 6.61 Å². The SMILES string of the molecule is c1ccc(COC[C@H]2[C@@H]([Sn]34[CH2]CCN(CC[CH2]3)CC[CH2]4)N2C(c2ccccc2)(c2ccccc2)c2ccccc2)cc1. The molecule has 0 spiro atoms. The summed E-state index contributed by atoms with van der Waals surface area (Å²) in [5, 5.41) is 0. The van der Waals surface area contributed by atoms with Crippen molar-refractivity contribution in [3.8, 4) is 0 Å². The Bertz CT molecular complexity index is 1290. The van der Waals surface area contributed by atoms with Crippen LogP contribution in [0.3, 0.4) is 0 Å². The van der Waals surface area contributed by atoms with Crippen LogP contribution in [0.1, 0.15) is 41.5 Å². The van der Waals surface area contributed by atoms with Crippen molar-refractivity contribution in [2.75, 3.05) is 26.2 Å². The Hall–Kier alpha value is -2.44. The molecule has 0 amide bonds. The van der Waals surface area contributed by atoms with E-state index in [4.69, 9.17) is 4.74 Å². The number of ether oxygens (including phenoxy) is 1. The fourth-order valence-corrected chi connectivity index (χ4v) is 26.2. The molecule has 4 aliphatic rings. The van der Waals surface area contributed by atoms with Crippen LogP contribution in [0.4, 0.5) is 0 Å². The van der Waals surface area contributed by atoms with Crippen LogP contribution in [0.15, 0.2) is 121 Å². The number of benzene rings is 4. The number of fused-ring (bicyclic) bond motifs is 6. The van der Waals surface area contributed by atoms with Gasteiger partial charge >= 0.3 is 258 Å². The molecule has 0 aromatic heterocycles. The third-order valence-electron chi connectivity index (χ3n) is 10.4. The van der Waals surface area contributed by atoms with Gasteiger partial charge < -0.3 is 0 Å². The van der Waals surface area contributed by atoms with Crippen molar-refractivity contribution in [1.29, 1.82) is 0 Å². The van der Waals surface area contributed by atoms with Gasteiger partial charge in [-0.2, -0.15) is 0 Å². The third kappa shape index (κ3) is 5.38. The van der Waals surface area contributed by atoms with Gasteiger partial charge in [0, 0.05) is 0 Å². The Kier molecular flexibility index (Phi) is 8.54. The monoisotopic (exact) mass is 664 g/mol. The van der Waals surface area contributed by atoms with Gasteiger partial charge in [0.2, 0.25) is 0 Å². The molecule has 4 saturated heterocycles. The van der Waals surface area contributed by atoms with Gasteiger partial charge in [-0.25, -0.2) is 0 Å². The summed E-state index contributed by atoms with van der Waals surface area (Å²) in [6, 6.07) is 45.3. The van der Waals surface area contributed by atoms with Crippen molar-refractivity contribution in [2.45, 2.75) is 54.8 Å². The summed E-state index contributed by atoms with van der Waals surface area (Å²) in [6.45, 7) is 5.41. The molecule has 1 unspecified atom stereocenters. The van der Waals surface area contributed by atoms with Gasteiger partial charge in [-0.1, -0.05) is 0 Å². The molecule has 0 N–H and O–H groups in total. The van der Waals surface area contributed by atoms with Gasteiger partial charge in [0.15, 0.2) is 0 Å². The first-order valence-electron chi connectivity index (χ1n) is 16.1. The molecule has 4 aromatic rings. The molecule has 3 nitrogen and oxygen atoms in total. The number of hydrogen-bond acceptors (Lipinski definition) is 3. The fourth-order valence-electron chi connectivity index (χ4n) is 8.59. The molecule has 0 aliphatic carbocycles. The van der Waals surface area contributed by atoms with Gasteiger partial charge in [-0.05, 0) is 0 Å². The first-order valence-corrected chi connectivity index (χ1v) is 23.8. The van der Waals surface area contributed by atoms with Crippen LogP contribution in [0, 0.1) is 0 Å². The third-order valence-corrected chi connectivity index (χ3v) is 27.4. The van der Waals surface area contributed by atoms with E-state index in [0.29, 0.717) is 16.7 Å². The zero-order chi connectivity index (χ0) is 28.2. The first-order chi connectivity index (χ1) is 20.8. The van der Waals surface area contributed by atoms with Crippen molar-refractivity contribution in [3.63, 3.8) is 0 Å². The van der Waals surface area contributed by atoms with E-state index in [1.165, 1.54) is 74.5 Å². The van der Waals surface area contributed by atoms with E-state index in [1.54, 1.807) is 0 Å². The van der Waals surface area contributed by atoms with E-state index in [9.17, 15) is 0 Å². The summed E-state index contributed by atoms with van der Waals surface area (Å²) in [5.41, 5.74) is 5.06. The van der Waals surface area contributed by atoms with Gasteiger partial charge in [-0.3, -0.25) is 0 Å². The van der Waals surface area contributed by atoms with Gasteiger partial charge in [0.1, 0.15) is 0 Å². The predicted molar refractivity (Wildman–Crippen MR) is 175 cm³/mol. The van der Waals surface area contributed by atoms with Crippen LogP contribution in [-0.4, -0.2) is 64.5 Å². The Labute approximate surface area is 256 Å². The molecule has 4 aromatic carbocycles. The van der Waals surface area contributed by atoms with E-state index < -0.39 is 18.4 Å². The second kappa shape index (κ2) is 12.7. The zero-order valence-corrected chi connectivity index (χ0v) is 27.6. The molecule has 4 fully saturated rings.